The lowest BCUT2D eigenvalue weighted by Crippen LogP contribution is -1.83. The number of rotatable bonds is 6. The molecular formula is C29H32. The molecule has 3 rings (SSSR count). The average molecular weight is 381 g/mol. The molecule has 0 radical (unpaired) electrons. The number of benzene rings is 3. The highest BCUT2D eigenvalue weighted by atomic mass is 14.0. The number of hydrogen-bond acceptors (Lipinski definition) is 0. The lowest BCUT2D eigenvalue weighted by atomic mass is 10.1. The zero-order valence-corrected chi connectivity index (χ0v) is 17.6. The lowest BCUT2D eigenvalue weighted by Gasteiger charge is -1.99. The summed E-state index contributed by atoms with van der Waals surface area (Å²) < 4.78 is 0. The largest absolute Gasteiger partial charge is 0.103 e. The summed E-state index contributed by atoms with van der Waals surface area (Å²) in [5.41, 5.74) is 6.23. The molecule has 3 aromatic carbocycles. The van der Waals surface area contributed by atoms with Gasteiger partial charge in [0, 0.05) is 0 Å². The number of allylic oxidation sites excluding steroid dienone is 1. The summed E-state index contributed by atoms with van der Waals surface area (Å²) in [7, 11) is 0. The maximum absolute atomic E-state index is 3.74. The summed E-state index contributed by atoms with van der Waals surface area (Å²) >= 11 is 0. The van der Waals surface area contributed by atoms with E-state index in [1.54, 1.807) is 0 Å². The zero-order chi connectivity index (χ0) is 21.3. The second kappa shape index (κ2) is 14.6. The highest BCUT2D eigenvalue weighted by Gasteiger charge is 1.92. The van der Waals surface area contributed by atoms with Gasteiger partial charge in [0.1, 0.15) is 0 Å². The van der Waals surface area contributed by atoms with Crippen molar-refractivity contribution in [1.82, 2.24) is 0 Å². The van der Waals surface area contributed by atoms with E-state index in [0.717, 1.165) is 24.0 Å². The predicted octanol–water partition coefficient (Wildman–Crippen LogP) is 8.28. The standard InChI is InChI=1S/C10H12.C10H10.C9H10/c2*1-3-9-7-5-6-8-10(9)4-2;1-2-6-9-7-4-3-5-8-9/h3,5-8H,1,4H2,2H3;3-8H,1-2H2;2-5,7-8H,1,6H2. The first-order chi connectivity index (χ1) is 14.2. The Bertz CT molecular complexity index is 858. The molecule has 0 fully saturated rings. The van der Waals surface area contributed by atoms with Crippen LogP contribution in [0.4, 0.5) is 0 Å². The second-order valence-electron chi connectivity index (χ2n) is 6.27. The summed E-state index contributed by atoms with van der Waals surface area (Å²) in [4.78, 5) is 0. The first-order valence-corrected chi connectivity index (χ1v) is 9.89. The van der Waals surface area contributed by atoms with Gasteiger partial charge in [-0.2, -0.15) is 0 Å². The third kappa shape index (κ3) is 8.90. The van der Waals surface area contributed by atoms with Crippen LogP contribution in [0, 0.1) is 0 Å². The summed E-state index contributed by atoms with van der Waals surface area (Å²) in [6.07, 6.45) is 9.53. The molecule has 0 heterocycles. The van der Waals surface area contributed by atoms with Crippen molar-refractivity contribution in [2.75, 3.05) is 0 Å². The Labute approximate surface area is 177 Å². The summed E-state index contributed by atoms with van der Waals surface area (Å²) in [5.74, 6) is 0. The van der Waals surface area contributed by atoms with E-state index in [1.807, 2.05) is 72.8 Å². The molecule has 29 heavy (non-hydrogen) atoms. The third-order valence-corrected chi connectivity index (χ3v) is 4.31. The van der Waals surface area contributed by atoms with Crippen LogP contribution in [0.2, 0.25) is 0 Å². The Morgan fingerprint density at radius 3 is 1.45 bits per heavy atom. The first-order valence-electron chi connectivity index (χ1n) is 9.89. The van der Waals surface area contributed by atoms with Crippen LogP contribution in [0.25, 0.3) is 18.2 Å². The van der Waals surface area contributed by atoms with Crippen LogP contribution in [0.3, 0.4) is 0 Å². The highest BCUT2D eigenvalue weighted by Crippen LogP contribution is 2.10. The predicted molar refractivity (Wildman–Crippen MR) is 133 cm³/mol. The van der Waals surface area contributed by atoms with Crippen molar-refractivity contribution in [3.8, 4) is 0 Å². The van der Waals surface area contributed by atoms with E-state index in [1.165, 1.54) is 16.7 Å². The average Bonchev–Trinajstić information content (AvgIpc) is 2.80. The van der Waals surface area contributed by atoms with E-state index in [0.29, 0.717) is 0 Å². The fraction of sp³-hybridized carbons (Fsp3) is 0.103. The van der Waals surface area contributed by atoms with Gasteiger partial charge in [-0.15, -0.1) is 6.58 Å². The molecule has 0 saturated carbocycles. The number of hydrogen-bond donors (Lipinski definition) is 0. The van der Waals surface area contributed by atoms with Crippen LogP contribution in [-0.2, 0) is 12.8 Å². The van der Waals surface area contributed by atoms with Gasteiger partial charge in [0.2, 0.25) is 0 Å². The van der Waals surface area contributed by atoms with Crippen molar-refractivity contribution in [2.45, 2.75) is 19.8 Å². The van der Waals surface area contributed by atoms with E-state index in [-0.39, 0.29) is 0 Å². The van der Waals surface area contributed by atoms with Crippen molar-refractivity contribution >= 4 is 18.2 Å². The van der Waals surface area contributed by atoms with Gasteiger partial charge < -0.3 is 0 Å². The van der Waals surface area contributed by atoms with Gasteiger partial charge in [-0.25, -0.2) is 0 Å². The van der Waals surface area contributed by atoms with Gasteiger partial charge in [0.05, 0.1) is 0 Å². The Morgan fingerprint density at radius 2 is 1.03 bits per heavy atom. The van der Waals surface area contributed by atoms with E-state index >= 15 is 0 Å². The van der Waals surface area contributed by atoms with E-state index < -0.39 is 0 Å². The van der Waals surface area contributed by atoms with Crippen LogP contribution in [0.5, 0.6) is 0 Å². The minimum atomic E-state index is 0.973. The molecule has 0 heteroatoms. The maximum Gasteiger partial charge on any atom is -0.0100 e. The molecule has 148 valence electrons. The fourth-order valence-corrected chi connectivity index (χ4v) is 2.72. The van der Waals surface area contributed by atoms with Gasteiger partial charge in [-0.1, -0.05) is 130 Å². The molecule has 0 amide bonds. The topological polar surface area (TPSA) is 0 Å². The maximum atomic E-state index is 3.74. The Kier molecular flexibility index (Phi) is 12.0. The molecule has 0 aliphatic heterocycles. The molecule has 0 atom stereocenters. The molecule has 0 aromatic heterocycles. The molecule has 0 aliphatic carbocycles. The van der Waals surface area contributed by atoms with Crippen LogP contribution >= 0.6 is 0 Å². The van der Waals surface area contributed by atoms with Crippen LogP contribution in [0.15, 0.2) is 111 Å². The van der Waals surface area contributed by atoms with Crippen molar-refractivity contribution < 1.29 is 0 Å². The smallest absolute Gasteiger partial charge is 0.0100 e. The van der Waals surface area contributed by atoms with E-state index in [9.17, 15) is 0 Å². The van der Waals surface area contributed by atoms with Gasteiger partial charge in [-0.3, -0.25) is 0 Å². The SMILES string of the molecule is C=CCc1ccccc1.C=Cc1ccccc1C=C.C=Cc1ccccc1CC. The summed E-state index contributed by atoms with van der Waals surface area (Å²) in [6.45, 7) is 16.9. The van der Waals surface area contributed by atoms with Crippen molar-refractivity contribution in [2.24, 2.45) is 0 Å². The molecule has 0 saturated heterocycles. The molecule has 0 spiro atoms. The third-order valence-electron chi connectivity index (χ3n) is 4.31. The zero-order valence-electron chi connectivity index (χ0n) is 17.6. The normalized spacial score (nSPS) is 9.00. The van der Waals surface area contributed by atoms with Crippen molar-refractivity contribution in [1.29, 1.82) is 0 Å². The van der Waals surface area contributed by atoms with Gasteiger partial charge in [0.15, 0.2) is 0 Å². The monoisotopic (exact) mass is 380 g/mol. The summed E-state index contributed by atoms with van der Waals surface area (Å²) in [5, 5.41) is 0. The summed E-state index contributed by atoms with van der Waals surface area (Å²) in [6, 6.07) is 26.6. The molecule has 0 N–H and O–H groups in total. The minimum Gasteiger partial charge on any atom is -0.103 e. The van der Waals surface area contributed by atoms with Crippen LogP contribution in [0.1, 0.15) is 34.7 Å². The van der Waals surface area contributed by atoms with Gasteiger partial charge >= 0.3 is 0 Å². The molecule has 0 aliphatic rings. The van der Waals surface area contributed by atoms with Crippen LogP contribution < -0.4 is 0 Å². The Hall–Kier alpha value is -3.38. The minimum absolute atomic E-state index is 0.973. The molecule has 3 aromatic rings. The van der Waals surface area contributed by atoms with E-state index in [2.05, 4.69) is 63.6 Å². The van der Waals surface area contributed by atoms with Crippen LogP contribution in [-0.4, -0.2) is 0 Å². The van der Waals surface area contributed by atoms with E-state index in [4.69, 9.17) is 0 Å². The second-order valence-corrected chi connectivity index (χ2v) is 6.27. The Balaban J connectivity index is 0.000000218. The van der Waals surface area contributed by atoms with Crippen molar-refractivity contribution in [3.63, 3.8) is 0 Å². The molecule has 0 unspecified atom stereocenters. The Morgan fingerprint density at radius 1 is 0.586 bits per heavy atom. The first kappa shape index (κ1) is 23.7. The fourth-order valence-electron chi connectivity index (χ4n) is 2.72. The lowest BCUT2D eigenvalue weighted by molar-refractivity contribution is 1.13. The number of aryl methyl sites for hydroxylation is 1. The van der Waals surface area contributed by atoms with Gasteiger partial charge in [-0.05, 0) is 40.7 Å². The molecule has 0 bridgehead atoms. The molecular weight excluding hydrogens is 348 g/mol. The quantitative estimate of drug-likeness (QED) is 0.377. The molecule has 0 nitrogen and oxygen atoms in total. The highest BCUT2D eigenvalue weighted by molar-refractivity contribution is 5.63. The van der Waals surface area contributed by atoms with Crippen molar-refractivity contribution in [3.05, 3.63) is 139 Å². The van der Waals surface area contributed by atoms with Gasteiger partial charge in [0.25, 0.3) is 0 Å².